The molecule has 0 atom stereocenters. The minimum absolute atomic E-state index is 0.192. The van der Waals surface area contributed by atoms with Gasteiger partial charge in [0.15, 0.2) is 11.5 Å². The van der Waals surface area contributed by atoms with Crippen molar-refractivity contribution in [1.82, 2.24) is 4.98 Å². The third kappa shape index (κ3) is 3.32. The number of halogens is 2. The number of amides is 1. The highest BCUT2D eigenvalue weighted by atomic mass is 35.5. The van der Waals surface area contributed by atoms with Crippen LogP contribution in [0.3, 0.4) is 0 Å². The van der Waals surface area contributed by atoms with Crippen molar-refractivity contribution in [2.75, 3.05) is 12.1 Å². The number of para-hydroxylation sites is 1. The summed E-state index contributed by atoms with van der Waals surface area (Å²) in [6.45, 7) is 0.192. The molecule has 1 N–H and O–H groups in total. The number of fused-ring (bicyclic) bond motifs is 2. The molecule has 3 aromatic carbocycles. The van der Waals surface area contributed by atoms with E-state index in [2.05, 4.69) is 5.32 Å². The first kappa shape index (κ1) is 18.7. The van der Waals surface area contributed by atoms with Gasteiger partial charge in [-0.1, -0.05) is 47.5 Å². The van der Waals surface area contributed by atoms with E-state index in [4.69, 9.17) is 37.7 Å². The average molecular weight is 437 g/mol. The van der Waals surface area contributed by atoms with Gasteiger partial charge in [0.25, 0.3) is 5.91 Å². The monoisotopic (exact) mass is 436 g/mol. The van der Waals surface area contributed by atoms with E-state index in [-0.39, 0.29) is 12.7 Å². The first-order valence-electron chi connectivity index (χ1n) is 9.15. The van der Waals surface area contributed by atoms with Crippen LogP contribution in [0.25, 0.3) is 22.2 Å². The van der Waals surface area contributed by atoms with Gasteiger partial charge in [-0.05, 0) is 42.5 Å². The summed E-state index contributed by atoms with van der Waals surface area (Å²) >= 11 is 12.3. The van der Waals surface area contributed by atoms with Crippen LogP contribution < -0.4 is 14.8 Å². The van der Waals surface area contributed by atoms with Crippen molar-refractivity contribution >= 4 is 45.7 Å². The standard InChI is InChI=1S/C23H14Cl2N2O3/c24-16-5-3-7-18(22(16)25)27-23(28)15-11-19(26-17-6-2-1-4-14(15)17)13-8-9-20-21(10-13)30-12-29-20/h1-11H,12H2,(H,27,28). The summed E-state index contributed by atoms with van der Waals surface area (Å²) in [6.07, 6.45) is 0. The van der Waals surface area contributed by atoms with Gasteiger partial charge in [0.2, 0.25) is 6.79 Å². The molecule has 1 aliphatic heterocycles. The molecular weight excluding hydrogens is 423 g/mol. The first-order chi connectivity index (χ1) is 14.6. The van der Waals surface area contributed by atoms with Crippen molar-refractivity contribution in [3.05, 3.63) is 82.3 Å². The van der Waals surface area contributed by atoms with Gasteiger partial charge in [-0.2, -0.15) is 0 Å². The highest BCUT2D eigenvalue weighted by Gasteiger charge is 2.18. The number of nitrogens with one attached hydrogen (secondary N) is 1. The third-order valence-corrected chi connectivity index (χ3v) is 5.65. The van der Waals surface area contributed by atoms with Crippen molar-refractivity contribution in [2.45, 2.75) is 0 Å². The largest absolute Gasteiger partial charge is 0.454 e. The van der Waals surface area contributed by atoms with Crippen LogP contribution in [0, 0.1) is 0 Å². The Labute approximate surface area is 182 Å². The van der Waals surface area contributed by atoms with Gasteiger partial charge < -0.3 is 14.8 Å². The van der Waals surface area contributed by atoms with Gasteiger partial charge in [0, 0.05) is 10.9 Å². The van der Waals surface area contributed by atoms with Crippen molar-refractivity contribution in [3.63, 3.8) is 0 Å². The molecule has 0 fully saturated rings. The molecule has 1 amide bonds. The summed E-state index contributed by atoms with van der Waals surface area (Å²) in [5, 5.41) is 4.25. The van der Waals surface area contributed by atoms with E-state index in [1.165, 1.54) is 0 Å². The van der Waals surface area contributed by atoms with Crippen molar-refractivity contribution < 1.29 is 14.3 Å². The van der Waals surface area contributed by atoms with Gasteiger partial charge >= 0.3 is 0 Å². The van der Waals surface area contributed by atoms with E-state index < -0.39 is 0 Å². The summed E-state index contributed by atoms with van der Waals surface area (Å²) in [6, 6.07) is 19.9. The minimum atomic E-state index is -0.306. The molecule has 5 nitrogen and oxygen atoms in total. The Kier molecular flexibility index (Phi) is 4.69. The van der Waals surface area contributed by atoms with E-state index in [9.17, 15) is 4.79 Å². The zero-order valence-corrected chi connectivity index (χ0v) is 17.0. The summed E-state index contributed by atoms with van der Waals surface area (Å²) in [4.78, 5) is 17.9. The van der Waals surface area contributed by atoms with Crippen molar-refractivity contribution in [1.29, 1.82) is 0 Å². The normalized spacial score (nSPS) is 12.2. The maximum absolute atomic E-state index is 13.2. The number of hydrogen-bond donors (Lipinski definition) is 1. The summed E-state index contributed by atoms with van der Waals surface area (Å²) in [5.74, 6) is 1.03. The van der Waals surface area contributed by atoms with E-state index in [0.717, 1.165) is 10.9 Å². The van der Waals surface area contributed by atoms with Gasteiger partial charge in [-0.15, -0.1) is 0 Å². The lowest BCUT2D eigenvalue weighted by Crippen LogP contribution is -2.13. The second-order valence-electron chi connectivity index (χ2n) is 6.70. The van der Waals surface area contributed by atoms with E-state index in [1.54, 1.807) is 24.3 Å². The lowest BCUT2D eigenvalue weighted by Gasteiger charge is -2.12. The molecule has 4 aromatic rings. The number of aromatic nitrogens is 1. The van der Waals surface area contributed by atoms with Crippen molar-refractivity contribution in [3.8, 4) is 22.8 Å². The lowest BCUT2D eigenvalue weighted by molar-refractivity contribution is 0.102. The third-order valence-electron chi connectivity index (χ3n) is 4.83. The fraction of sp³-hybridized carbons (Fsp3) is 0.0435. The molecule has 30 heavy (non-hydrogen) atoms. The second-order valence-corrected chi connectivity index (χ2v) is 7.48. The highest BCUT2D eigenvalue weighted by molar-refractivity contribution is 6.44. The molecular formula is C23H14Cl2N2O3. The number of carbonyl (C=O) groups is 1. The molecule has 5 rings (SSSR count). The predicted molar refractivity (Wildman–Crippen MR) is 118 cm³/mol. The fourth-order valence-electron chi connectivity index (χ4n) is 3.36. The topological polar surface area (TPSA) is 60.5 Å². The SMILES string of the molecule is O=C(Nc1cccc(Cl)c1Cl)c1cc(-c2ccc3c(c2)OCO3)nc2ccccc12. The zero-order chi connectivity index (χ0) is 20.7. The number of carbonyl (C=O) groups excluding carboxylic acids is 1. The summed E-state index contributed by atoms with van der Waals surface area (Å²) in [5.41, 5.74) is 3.09. The van der Waals surface area contributed by atoms with Crippen LogP contribution in [-0.4, -0.2) is 17.7 Å². The quantitative estimate of drug-likeness (QED) is 0.415. The molecule has 7 heteroatoms. The van der Waals surface area contributed by atoms with Crippen LogP contribution in [0.2, 0.25) is 10.0 Å². The van der Waals surface area contributed by atoms with Gasteiger partial charge in [-0.3, -0.25) is 4.79 Å². The number of pyridine rings is 1. The molecule has 0 saturated carbocycles. The van der Waals surface area contributed by atoms with Crippen LogP contribution in [-0.2, 0) is 0 Å². The lowest BCUT2D eigenvalue weighted by atomic mass is 10.0. The molecule has 0 radical (unpaired) electrons. The Bertz CT molecular complexity index is 1310. The molecule has 1 aliphatic rings. The summed E-state index contributed by atoms with van der Waals surface area (Å²) in [7, 11) is 0. The van der Waals surface area contributed by atoms with Crippen LogP contribution in [0.5, 0.6) is 11.5 Å². The molecule has 2 heterocycles. The average Bonchev–Trinajstić information content (AvgIpc) is 3.24. The van der Waals surface area contributed by atoms with Gasteiger partial charge in [0.05, 0.1) is 32.5 Å². The molecule has 1 aromatic heterocycles. The Morgan fingerprint density at radius 2 is 1.77 bits per heavy atom. The maximum atomic E-state index is 13.2. The molecule has 0 bridgehead atoms. The number of ether oxygens (including phenoxy) is 2. The second kappa shape index (κ2) is 7.52. The minimum Gasteiger partial charge on any atom is -0.454 e. The van der Waals surface area contributed by atoms with E-state index >= 15 is 0 Å². The fourth-order valence-corrected chi connectivity index (χ4v) is 3.70. The number of benzene rings is 3. The first-order valence-corrected chi connectivity index (χ1v) is 9.91. The van der Waals surface area contributed by atoms with Crippen LogP contribution in [0.1, 0.15) is 10.4 Å². The Balaban J connectivity index is 1.60. The van der Waals surface area contributed by atoms with Crippen molar-refractivity contribution in [2.24, 2.45) is 0 Å². The molecule has 0 spiro atoms. The Hall–Kier alpha value is -3.28. The number of anilines is 1. The zero-order valence-electron chi connectivity index (χ0n) is 15.5. The molecule has 0 unspecified atom stereocenters. The van der Waals surface area contributed by atoms with Gasteiger partial charge in [0.1, 0.15) is 0 Å². The number of rotatable bonds is 3. The Morgan fingerprint density at radius 3 is 2.67 bits per heavy atom. The number of hydrogen-bond acceptors (Lipinski definition) is 4. The van der Waals surface area contributed by atoms with E-state index in [0.29, 0.717) is 44.0 Å². The van der Waals surface area contributed by atoms with Crippen LogP contribution in [0.15, 0.2) is 66.7 Å². The molecule has 0 saturated heterocycles. The molecule has 0 aliphatic carbocycles. The summed E-state index contributed by atoms with van der Waals surface area (Å²) < 4.78 is 10.9. The van der Waals surface area contributed by atoms with Gasteiger partial charge in [-0.25, -0.2) is 4.98 Å². The van der Waals surface area contributed by atoms with E-state index in [1.807, 2.05) is 42.5 Å². The highest BCUT2D eigenvalue weighted by Crippen LogP contribution is 2.36. The van der Waals surface area contributed by atoms with Crippen LogP contribution >= 0.6 is 23.2 Å². The van der Waals surface area contributed by atoms with Crippen LogP contribution in [0.4, 0.5) is 5.69 Å². The smallest absolute Gasteiger partial charge is 0.256 e. The maximum Gasteiger partial charge on any atom is 0.256 e. The predicted octanol–water partition coefficient (Wildman–Crippen LogP) is 6.19. The Morgan fingerprint density at radius 1 is 0.933 bits per heavy atom. The molecule has 148 valence electrons. The number of nitrogens with zero attached hydrogens (tertiary/aromatic N) is 1.